The molecule has 4 amide bonds. The van der Waals surface area contributed by atoms with E-state index in [2.05, 4.69) is 0 Å². The van der Waals surface area contributed by atoms with Crippen LogP contribution in [0, 0.1) is 35.5 Å². The van der Waals surface area contributed by atoms with Crippen LogP contribution in [0.2, 0.25) is 0 Å². The van der Waals surface area contributed by atoms with Crippen molar-refractivity contribution in [3.63, 3.8) is 0 Å². The molecule has 0 aromatic heterocycles. The van der Waals surface area contributed by atoms with E-state index in [1.165, 1.54) is 13.8 Å². The maximum Gasteiger partial charge on any atom is 0.326 e. The number of likely N-dealkylation sites (tertiary alicyclic amines) is 2. The second-order valence-corrected chi connectivity index (χ2v) is 7.76. The summed E-state index contributed by atoms with van der Waals surface area (Å²) in [6, 6.07) is -2.69. The highest BCUT2D eigenvalue weighted by atomic mass is 16.4. The van der Waals surface area contributed by atoms with Crippen LogP contribution in [0.1, 0.15) is 13.8 Å². The first-order valence-corrected chi connectivity index (χ1v) is 8.97. The lowest BCUT2D eigenvalue weighted by Crippen LogP contribution is -2.50. The van der Waals surface area contributed by atoms with E-state index >= 15 is 0 Å². The highest BCUT2D eigenvalue weighted by molar-refractivity contribution is 6.12. The zero-order valence-electron chi connectivity index (χ0n) is 15.0. The van der Waals surface area contributed by atoms with Gasteiger partial charge < -0.3 is 10.2 Å². The summed E-state index contributed by atoms with van der Waals surface area (Å²) >= 11 is 0. The second-order valence-electron chi connectivity index (χ2n) is 7.76. The number of carboxylic acid groups (broad SMARTS) is 2. The maximum atomic E-state index is 12.9. The Morgan fingerprint density at radius 2 is 0.964 bits per heavy atom. The molecule has 148 valence electrons. The summed E-state index contributed by atoms with van der Waals surface area (Å²) in [5.41, 5.74) is 0. The summed E-state index contributed by atoms with van der Waals surface area (Å²) in [7, 11) is 0. The fourth-order valence-corrected chi connectivity index (χ4v) is 5.26. The SMILES string of the molecule is C[C@@H](C(=O)O)N1C(=O)[C@@H]2C3C=CC([C@@H]2C1=O)[C@@H]1C(=O)N([C@@H](C)C(=O)O)C(=O)[C@H]31. The summed E-state index contributed by atoms with van der Waals surface area (Å²) in [5.74, 6) is -10.4. The van der Waals surface area contributed by atoms with E-state index in [1.54, 1.807) is 12.2 Å². The number of carboxylic acids is 2. The molecule has 3 fully saturated rings. The van der Waals surface area contributed by atoms with Crippen LogP contribution < -0.4 is 0 Å². The monoisotopic (exact) mass is 390 g/mol. The Balaban J connectivity index is 1.75. The minimum absolute atomic E-state index is 0.660. The zero-order valence-corrected chi connectivity index (χ0v) is 15.0. The Bertz CT molecular complexity index is 765. The molecule has 5 aliphatic rings. The van der Waals surface area contributed by atoms with Crippen molar-refractivity contribution < 1.29 is 39.0 Å². The Kier molecular flexibility index (Phi) is 3.75. The fraction of sp³-hybridized carbons (Fsp3) is 0.556. The van der Waals surface area contributed by atoms with E-state index < -0.39 is 83.2 Å². The number of imide groups is 2. The van der Waals surface area contributed by atoms with Gasteiger partial charge in [-0.2, -0.15) is 0 Å². The molecule has 28 heavy (non-hydrogen) atoms. The number of aliphatic carboxylic acids is 2. The number of hydrogen-bond acceptors (Lipinski definition) is 6. The minimum atomic E-state index is -1.35. The number of hydrogen-bond donors (Lipinski definition) is 2. The van der Waals surface area contributed by atoms with Crippen LogP contribution >= 0.6 is 0 Å². The van der Waals surface area contributed by atoms with E-state index in [0.717, 1.165) is 9.80 Å². The Hall–Kier alpha value is -3.04. The van der Waals surface area contributed by atoms with E-state index in [0.29, 0.717) is 0 Å². The third-order valence-corrected chi connectivity index (χ3v) is 6.57. The third-order valence-electron chi connectivity index (χ3n) is 6.57. The van der Waals surface area contributed by atoms with Gasteiger partial charge in [0.1, 0.15) is 12.1 Å². The lowest BCUT2D eigenvalue weighted by molar-refractivity contribution is -0.155. The van der Waals surface area contributed by atoms with Crippen LogP contribution in [-0.2, 0) is 28.8 Å². The van der Waals surface area contributed by atoms with Gasteiger partial charge in [0.2, 0.25) is 23.6 Å². The highest BCUT2D eigenvalue weighted by Gasteiger charge is 2.69. The van der Waals surface area contributed by atoms with Crippen molar-refractivity contribution in [3.05, 3.63) is 12.2 Å². The van der Waals surface area contributed by atoms with Crippen LogP contribution in [0.4, 0.5) is 0 Å². The molecular formula is C18H18N2O8. The van der Waals surface area contributed by atoms with Gasteiger partial charge in [0.25, 0.3) is 0 Å². The normalized spacial score (nSPS) is 37.9. The molecular weight excluding hydrogens is 372 g/mol. The van der Waals surface area contributed by atoms with Gasteiger partial charge >= 0.3 is 11.9 Å². The maximum absolute atomic E-state index is 12.9. The lowest BCUT2D eigenvalue weighted by Gasteiger charge is -2.44. The number of rotatable bonds is 4. The molecule has 5 rings (SSSR count). The summed E-state index contributed by atoms with van der Waals surface area (Å²) < 4.78 is 0. The molecule has 2 N–H and O–H groups in total. The third kappa shape index (κ3) is 2.02. The topological polar surface area (TPSA) is 149 Å². The molecule has 0 unspecified atom stereocenters. The summed E-state index contributed by atoms with van der Waals surface area (Å²) in [6.45, 7) is 2.47. The molecule has 0 aromatic carbocycles. The van der Waals surface area contributed by atoms with Gasteiger partial charge in [-0.1, -0.05) is 12.2 Å². The molecule has 3 aliphatic carbocycles. The highest BCUT2D eigenvalue weighted by Crippen LogP contribution is 2.58. The molecule has 0 spiro atoms. The standard InChI is InChI=1S/C18H18N2O8/c1-5(17(25)26)19-13(21)9-7-3-4-8(10(9)14(19)22)12-11(7)15(23)20(16(12)24)6(2)18(27)28/h3-12H,1-2H3,(H,25,26)(H,27,28)/t5-,6-,7?,8?,9-,10+,11-,12+/m0/s1. The van der Waals surface area contributed by atoms with E-state index in [9.17, 15) is 39.0 Å². The van der Waals surface area contributed by atoms with Crippen LogP contribution in [0.15, 0.2) is 12.2 Å². The van der Waals surface area contributed by atoms with Gasteiger partial charge in [0, 0.05) is 11.8 Å². The predicted octanol–water partition coefficient (Wildman–Crippen LogP) is -1.05. The van der Waals surface area contributed by atoms with Crippen molar-refractivity contribution >= 4 is 35.6 Å². The molecule has 2 saturated heterocycles. The summed E-state index contributed by atoms with van der Waals surface area (Å²) in [6.07, 6.45) is 3.26. The first kappa shape index (κ1) is 18.3. The molecule has 2 aliphatic heterocycles. The summed E-state index contributed by atoms with van der Waals surface area (Å²) in [5, 5.41) is 18.4. The number of nitrogens with zero attached hydrogens (tertiary/aromatic N) is 2. The van der Waals surface area contributed by atoms with Crippen molar-refractivity contribution in [2.45, 2.75) is 25.9 Å². The quantitative estimate of drug-likeness (QED) is 0.456. The molecule has 10 nitrogen and oxygen atoms in total. The number of amides is 4. The second kappa shape index (κ2) is 5.73. The Morgan fingerprint density at radius 3 is 1.18 bits per heavy atom. The Labute approximate surface area is 158 Å². The van der Waals surface area contributed by atoms with Gasteiger partial charge in [-0.3, -0.25) is 29.0 Å². The molecule has 1 saturated carbocycles. The minimum Gasteiger partial charge on any atom is -0.480 e. The number of carbonyl (C=O) groups excluding carboxylic acids is 4. The van der Waals surface area contributed by atoms with Gasteiger partial charge in [-0.05, 0) is 13.8 Å². The van der Waals surface area contributed by atoms with Crippen LogP contribution in [-0.4, -0.2) is 67.7 Å². The molecule has 0 radical (unpaired) electrons. The zero-order chi connectivity index (χ0) is 20.7. The Morgan fingerprint density at radius 1 is 0.714 bits per heavy atom. The first-order chi connectivity index (χ1) is 13.1. The van der Waals surface area contributed by atoms with Gasteiger partial charge in [0.05, 0.1) is 23.7 Å². The van der Waals surface area contributed by atoms with E-state index in [-0.39, 0.29) is 0 Å². The van der Waals surface area contributed by atoms with Crippen molar-refractivity contribution in [1.82, 2.24) is 9.80 Å². The van der Waals surface area contributed by atoms with Gasteiger partial charge in [-0.15, -0.1) is 0 Å². The van der Waals surface area contributed by atoms with Crippen molar-refractivity contribution in [1.29, 1.82) is 0 Å². The van der Waals surface area contributed by atoms with Crippen LogP contribution in [0.25, 0.3) is 0 Å². The van der Waals surface area contributed by atoms with E-state index in [4.69, 9.17) is 0 Å². The number of allylic oxidation sites excluding steroid dienone is 2. The van der Waals surface area contributed by atoms with Crippen LogP contribution in [0.3, 0.4) is 0 Å². The first-order valence-electron chi connectivity index (χ1n) is 8.97. The molecule has 10 heteroatoms. The number of carbonyl (C=O) groups is 6. The van der Waals surface area contributed by atoms with Gasteiger partial charge in [0.15, 0.2) is 0 Å². The largest absolute Gasteiger partial charge is 0.480 e. The van der Waals surface area contributed by atoms with Crippen LogP contribution in [0.5, 0.6) is 0 Å². The fourth-order valence-electron chi connectivity index (χ4n) is 5.26. The molecule has 6 atom stereocenters. The van der Waals surface area contributed by atoms with Crippen molar-refractivity contribution in [3.8, 4) is 0 Å². The molecule has 2 heterocycles. The average Bonchev–Trinajstić information content (AvgIpc) is 3.08. The smallest absolute Gasteiger partial charge is 0.326 e. The van der Waals surface area contributed by atoms with Gasteiger partial charge in [-0.25, -0.2) is 9.59 Å². The molecule has 2 bridgehead atoms. The van der Waals surface area contributed by atoms with Crippen molar-refractivity contribution in [2.75, 3.05) is 0 Å². The van der Waals surface area contributed by atoms with Crippen molar-refractivity contribution in [2.24, 2.45) is 35.5 Å². The van der Waals surface area contributed by atoms with E-state index in [1.807, 2.05) is 0 Å². The lowest BCUT2D eigenvalue weighted by atomic mass is 9.54. The average molecular weight is 390 g/mol. The predicted molar refractivity (Wildman–Crippen MR) is 88.0 cm³/mol. The molecule has 0 aromatic rings. The summed E-state index contributed by atoms with van der Waals surface area (Å²) in [4.78, 5) is 75.6.